The molecule has 0 aliphatic carbocycles. The summed E-state index contributed by atoms with van der Waals surface area (Å²) in [5.74, 6) is -0.470. The molecular formula is C14H18N2O5. The molecule has 7 heteroatoms. The summed E-state index contributed by atoms with van der Waals surface area (Å²) in [4.78, 5) is 24.1. The topological polar surface area (TPSA) is 92.9 Å². The molecule has 0 aromatic heterocycles. The molecule has 0 radical (unpaired) electrons. The number of nitro groups is 1. The van der Waals surface area contributed by atoms with E-state index < -0.39 is 16.4 Å². The van der Waals surface area contributed by atoms with Crippen LogP contribution in [-0.2, 0) is 4.74 Å². The molecule has 0 bridgehead atoms. The van der Waals surface area contributed by atoms with Gasteiger partial charge in [-0.1, -0.05) is 12.1 Å². The fraction of sp³-hybridized carbons (Fsp3) is 0.500. The number of benzene rings is 1. The number of hydrogen-bond donors (Lipinski definition) is 1. The molecule has 1 amide bonds. The number of rotatable bonds is 4. The van der Waals surface area contributed by atoms with E-state index in [2.05, 4.69) is 0 Å². The lowest BCUT2D eigenvalue weighted by Crippen LogP contribution is -2.47. The normalized spacial score (nSPS) is 17.2. The van der Waals surface area contributed by atoms with E-state index in [9.17, 15) is 20.0 Å². The van der Waals surface area contributed by atoms with Crippen molar-refractivity contribution in [3.63, 3.8) is 0 Å². The van der Waals surface area contributed by atoms with E-state index in [-0.39, 0.29) is 17.8 Å². The maximum absolute atomic E-state index is 12.4. The summed E-state index contributed by atoms with van der Waals surface area (Å²) in [6.45, 7) is 1.02. The highest BCUT2D eigenvalue weighted by Crippen LogP contribution is 2.24. The first-order chi connectivity index (χ1) is 9.93. The molecule has 0 atom stereocenters. The Balaban J connectivity index is 2.14. The second-order valence-electron chi connectivity index (χ2n) is 5.27. The summed E-state index contributed by atoms with van der Waals surface area (Å²) in [5, 5.41) is 21.4. The SMILES string of the molecule is CN(CC1(O)CCOCC1)C(=O)c1ccccc1[N+](=O)[O-]. The number of aliphatic hydroxyl groups is 1. The van der Waals surface area contributed by atoms with Gasteiger partial charge in [0.15, 0.2) is 0 Å². The lowest BCUT2D eigenvalue weighted by Gasteiger charge is -2.35. The third-order valence-electron chi connectivity index (χ3n) is 3.63. The van der Waals surface area contributed by atoms with Crippen molar-refractivity contribution >= 4 is 11.6 Å². The largest absolute Gasteiger partial charge is 0.388 e. The number of carbonyl (C=O) groups is 1. The van der Waals surface area contributed by atoms with E-state index in [0.29, 0.717) is 26.1 Å². The lowest BCUT2D eigenvalue weighted by atomic mass is 9.93. The van der Waals surface area contributed by atoms with E-state index >= 15 is 0 Å². The maximum atomic E-state index is 12.4. The molecular weight excluding hydrogens is 276 g/mol. The van der Waals surface area contributed by atoms with Gasteiger partial charge in [-0.3, -0.25) is 14.9 Å². The summed E-state index contributed by atoms with van der Waals surface area (Å²) in [6.07, 6.45) is 0.892. The third kappa shape index (κ3) is 3.56. The number of hydrogen-bond acceptors (Lipinski definition) is 5. The molecule has 0 saturated carbocycles. The van der Waals surface area contributed by atoms with Crippen molar-refractivity contribution in [1.29, 1.82) is 0 Å². The van der Waals surface area contributed by atoms with Crippen molar-refractivity contribution in [2.24, 2.45) is 0 Å². The van der Waals surface area contributed by atoms with Gasteiger partial charge in [0.25, 0.3) is 11.6 Å². The second kappa shape index (κ2) is 6.19. The predicted molar refractivity (Wildman–Crippen MR) is 75.1 cm³/mol. The van der Waals surface area contributed by atoms with Gasteiger partial charge in [0.2, 0.25) is 0 Å². The lowest BCUT2D eigenvalue weighted by molar-refractivity contribution is -0.385. The minimum Gasteiger partial charge on any atom is -0.388 e. The number of nitro benzene ring substituents is 1. The van der Waals surface area contributed by atoms with Crippen LogP contribution in [0.15, 0.2) is 24.3 Å². The molecule has 1 aromatic rings. The predicted octanol–water partition coefficient (Wildman–Crippen LogP) is 1.21. The Kier molecular flexibility index (Phi) is 4.54. The van der Waals surface area contributed by atoms with Crippen LogP contribution < -0.4 is 0 Å². The molecule has 1 N–H and O–H groups in total. The molecule has 2 rings (SSSR count). The molecule has 7 nitrogen and oxygen atoms in total. The molecule has 0 unspecified atom stereocenters. The molecule has 1 saturated heterocycles. The number of amides is 1. The van der Waals surface area contributed by atoms with Crippen LogP contribution in [0.3, 0.4) is 0 Å². The first-order valence-corrected chi connectivity index (χ1v) is 6.72. The highest BCUT2D eigenvalue weighted by molar-refractivity contribution is 5.98. The average molecular weight is 294 g/mol. The zero-order valence-electron chi connectivity index (χ0n) is 11.8. The van der Waals surface area contributed by atoms with Crippen molar-refractivity contribution in [2.75, 3.05) is 26.8 Å². The zero-order valence-corrected chi connectivity index (χ0v) is 11.8. The fourth-order valence-corrected chi connectivity index (χ4v) is 2.44. The summed E-state index contributed by atoms with van der Waals surface area (Å²) in [5.41, 5.74) is -1.19. The minimum absolute atomic E-state index is 0.0284. The van der Waals surface area contributed by atoms with Crippen LogP contribution >= 0.6 is 0 Å². The Labute approximate surface area is 122 Å². The Bertz CT molecular complexity index is 540. The molecule has 1 aliphatic heterocycles. The van der Waals surface area contributed by atoms with Gasteiger partial charge in [-0.25, -0.2) is 0 Å². The van der Waals surface area contributed by atoms with Crippen LogP contribution in [0.25, 0.3) is 0 Å². The monoisotopic (exact) mass is 294 g/mol. The first-order valence-electron chi connectivity index (χ1n) is 6.72. The van der Waals surface area contributed by atoms with Crippen molar-refractivity contribution in [2.45, 2.75) is 18.4 Å². The highest BCUT2D eigenvalue weighted by Gasteiger charge is 2.33. The van der Waals surface area contributed by atoms with Crippen LogP contribution in [0.5, 0.6) is 0 Å². The molecule has 1 heterocycles. The van der Waals surface area contributed by atoms with Crippen LogP contribution in [0, 0.1) is 10.1 Å². The molecule has 1 aliphatic rings. The van der Waals surface area contributed by atoms with Gasteiger partial charge in [-0.2, -0.15) is 0 Å². The van der Waals surface area contributed by atoms with E-state index in [4.69, 9.17) is 4.74 Å². The standard InChI is InChI=1S/C14H18N2O5/c1-15(10-14(18)6-8-21-9-7-14)13(17)11-4-2-3-5-12(11)16(19)20/h2-5,18H,6-10H2,1H3. The van der Waals surface area contributed by atoms with Crippen molar-refractivity contribution in [1.82, 2.24) is 4.90 Å². The number of nitrogens with zero attached hydrogens (tertiary/aromatic N) is 2. The van der Waals surface area contributed by atoms with Crippen LogP contribution in [-0.4, -0.2) is 53.2 Å². The van der Waals surface area contributed by atoms with Crippen molar-refractivity contribution < 1.29 is 19.6 Å². The molecule has 0 spiro atoms. The second-order valence-corrected chi connectivity index (χ2v) is 5.27. The van der Waals surface area contributed by atoms with E-state index in [1.54, 1.807) is 6.07 Å². The van der Waals surface area contributed by atoms with Gasteiger partial charge in [0, 0.05) is 45.7 Å². The number of para-hydroxylation sites is 1. The Hall–Kier alpha value is -1.99. The Morgan fingerprint density at radius 3 is 2.67 bits per heavy atom. The fourth-order valence-electron chi connectivity index (χ4n) is 2.44. The summed E-state index contributed by atoms with van der Waals surface area (Å²) in [6, 6.07) is 5.81. The molecule has 1 aromatic carbocycles. The van der Waals surface area contributed by atoms with Crippen LogP contribution in [0.1, 0.15) is 23.2 Å². The molecule has 21 heavy (non-hydrogen) atoms. The summed E-state index contributed by atoms with van der Waals surface area (Å²) in [7, 11) is 1.53. The maximum Gasteiger partial charge on any atom is 0.282 e. The number of ether oxygens (including phenoxy) is 1. The van der Waals surface area contributed by atoms with Gasteiger partial charge in [0.05, 0.1) is 10.5 Å². The van der Waals surface area contributed by atoms with Gasteiger partial charge < -0.3 is 14.7 Å². The van der Waals surface area contributed by atoms with Crippen LogP contribution in [0.4, 0.5) is 5.69 Å². The number of likely N-dealkylation sites (N-methyl/N-ethyl adjacent to an activating group) is 1. The summed E-state index contributed by atoms with van der Waals surface area (Å²) < 4.78 is 5.19. The third-order valence-corrected chi connectivity index (χ3v) is 3.63. The van der Waals surface area contributed by atoms with Crippen LogP contribution in [0.2, 0.25) is 0 Å². The van der Waals surface area contributed by atoms with E-state index in [1.807, 2.05) is 0 Å². The van der Waals surface area contributed by atoms with Gasteiger partial charge in [0.1, 0.15) is 5.56 Å². The van der Waals surface area contributed by atoms with E-state index in [0.717, 1.165) is 0 Å². The minimum atomic E-state index is -0.994. The quantitative estimate of drug-likeness (QED) is 0.665. The van der Waals surface area contributed by atoms with Gasteiger partial charge >= 0.3 is 0 Å². The zero-order chi connectivity index (χ0) is 15.5. The Morgan fingerprint density at radius 2 is 2.05 bits per heavy atom. The Morgan fingerprint density at radius 1 is 1.43 bits per heavy atom. The van der Waals surface area contributed by atoms with Gasteiger partial charge in [-0.05, 0) is 6.07 Å². The number of carbonyl (C=O) groups excluding carboxylic acids is 1. The van der Waals surface area contributed by atoms with E-state index in [1.165, 1.54) is 30.1 Å². The summed E-state index contributed by atoms with van der Waals surface area (Å²) >= 11 is 0. The first kappa shape index (κ1) is 15.4. The van der Waals surface area contributed by atoms with Crippen molar-refractivity contribution in [3.8, 4) is 0 Å². The molecule has 114 valence electrons. The van der Waals surface area contributed by atoms with Gasteiger partial charge in [-0.15, -0.1) is 0 Å². The van der Waals surface area contributed by atoms with Crippen molar-refractivity contribution in [3.05, 3.63) is 39.9 Å². The average Bonchev–Trinajstić information content (AvgIpc) is 2.46. The smallest absolute Gasteiger partial charge is 0.282 e. The highest BCUT2D eigenvalue weighted by atomic mass is 16.6. The molecule has 1 fully saturated rings.